The Bertz CT molecular complexity index is 1050. The maximum Gasteiger partial charge on any atom is 0.236 e. The third-order valence-corrected chi connectivity index (χ3v) is 8.08. The summed E-state index contributed by atoms with van der Waals surface area (Å²) in [6.45, 7) is 3.53. The minimum absolute atomic E-state index is 0.150. The predicted molar refractivity (Wildman–Crippen MR) is 115 cm³/mol. The van der Waals surface area contributed by atoms with Gasteiger partial charge in [-0.15, -0.1) is 11.3 Å². The average molecular weight is 410 g/mol. The van der Waals surface area contributed by atoms with Crippen molar-refractivity contribution < 1.29 is 4.79 Å². The lowest BCUT2D eigenvalue weighted by Crippen LogP contribution is -2.40. The predicted octanol–water partition coefficient (Wildman–Crippen LogP) is 4.64. The van der Waals surface area contributed by atoms with Gasteiger partial charge in [0.15, 0.2) is 0 Å². The number of rotatable bonds is 3. The van der Waals surface area contributed by atoms with Gasteiger partial charge in [0.25, 0.3) is 0 Å². The lowest BCUT2D eigenvalue weighted by molar-refractivity contribution is -0.131. The van der Waals surface area contributed by atoms with Crippen LogP contribution in [-0.4, -0.2) is 32.6 Å². The zero-order chi connectivity index (χ0) is 19.1. The third kappa shape index (κ3) is 3.22. The summed E-state index contributed by atoms with van der Waals surface area (Å²) in [5.41, 5.74) is 4.07. The molecule has 0 bridgehead atoms. The maximum atomic E-state index is 13.1. The van der Waals surface area contributed by atoms with Crippen molar-refractivity contribution in [2.45, 2.75) is 55.8 Å². The first-order valence-corrected chi connectivity index (χ1v) is 11.7. The molecule has 4 nitrogen and oxygen atoms in total. The fraction of sp³-hybridized carbons (Fsp3) is 0.409. The highest BCUT2D eigenvalue weighted by atomic mass is 32.2. The van der Waals surface area contributed by atoms with Crippen molar-refractivity contribution in [2.75, 3.05) is 6.54 Å². The molecule has 3 heterocycles. The molecule has 28 heavy (non-hydrogen) atoms. The Morgan fingerprint density at radius 2 is 1.96 bits per heavy atom. The number of aromatic nitrogens is 2. The van der Waals surface area contributed by atoms with Crippen LogP contribution < -0.4 is 0 Å². The van der Waals surface area contributed by atoms with E-state index in [9.17, 15) is 4.79 Å². The molecular formula is C22H23N3OS2. The van der Waals surface area contributed by atoms with Crippen molar-refractivity contribution in [3.05, 3.63) is 52.2 Å². The number of hydrogen-bond donors (Lipinski definition) is 0. The van der Waals surface area contributed by atoms with Crippen LogP contribution in [0, 0.1) is 0 Å². The van der Waals surface area contributed by atoms with E-state index in [1.54, 1.807) is 18.1 Å². The summed E-state index contributed by atoms with van der Waals surface area (Å²) >= 11 is 3.41. The van der Waals surface area contributed by atoms with Gasteiger partial charge >= 0.3 is 0 Å². The number of thiophene rings is 1. The number of fused-ring (bicyclic) bond motifs is 4. The summed E-state index contributed by atoms with van der Waals surface area (Å²) in [4.78, 5) is 26.8. The molecular weight excluding hydrogens is 386 g/mol. The minimum atomic E-state index is -0.150. The summed E-state index contributed by atoms with van der Waals surface area (Å²) in [7, 11) is 0. The summed E-state index contributed by atoms with van der Waals surface area (Å²) in [6.07, 6.45) is 7.36. The van der Waals surface area contributed by atoms with Crippen LogP contribution in [0.2, 0.25) is 0 Å². The molecule has 6 heteroatoms. The van der Waals surface area contributed by atoms with Gasteiger partial charge in [-0.1, -0.05) is 36.0 Å². The normalized spacial score (nSPS) is 17.2. The first kappa shape index (κ1) is 18.1. The molecule has 1 atom stereocenters. The van der Waals surface area contributed by atoms with Crippen LogP contribution >= 0.6 is 23.1 Å². The molecule has 5 rings (SSSR count). The van der Waals surface area contributed by atoms with Crippen molar-refractivity contribution in [1.82, 2.24) is 14.9 Å². The molecule has 2 aliphatic rings. The van der Waals surface area contributed by atoms with Gasteiger partial charge in [-0.3, -0.25) is 4.79 Å². The molecule has 2 aromatic heterocycles. The Balaban J connectivity index is 1.38. The Kier molecular flexibility index (Phi) is 4.85. The molecule has 144 valence electrons. The fourth-order valence-corrected chi connectivity index (χ4v) is 6.63. The van der Waals surface area contributed by atoms with E-state index in [0.717, 1.165) is 35.7 Å². The van der Waals surface area contributed by atoms with Crippen molar-refractivity contribution in [2.24, 2.45) is 0 Å². The zero-order valence-corrected chi connectivity index (χ0v) is 17.6. The van der Waals surface area contributed by atoms with Crippen LogP contribution in [0.1, 0.15) is 41.3 Å². The summed E-state index contributed by atoms with van der Waals surface area (Å²) in [5, 5.41) is 2.03. The molecule has 0 spiro atoms. The molecule has 0 N–H and O–H groups in total. The number of aryl methyl sites for hydroxylation is 2. The van der Waals surface area contributed by atoms with Gasteiger partial charge in [-0.25, -0.2) is 9.97 Å². The molecule has 0 saturated heterocycles. The summed E-state index contributed by atoms with van der Waals surface area (Å²) in [6, 6.07) is 8.45. The van der Waals surface area contributed by atoms with Gasteiger partial charge < -0.3 is 4.90 Å². The van der Waals surface area contributed by atoms with Crippen LogP contribution in [0.25, 0.3) is 10.2 Å². The number of amides is 1. The highest BCUT2D eigenvalue weighted by Crippen LogP contribution is 2.40. The number of carbonyl (C=O) groups excluding carboxylic acids is 1. The van der Waals surface area contributed by atoms with E-state index in [2.05, 4.69) is 34.2 Å². The van der Waals surface area contributed by atoms with Crippen LogP contribution in [0.15, 0.2) is 35.6 Å². The largest absolute Gasteiger partial charge is 0.337 e. The van der Waals surface area contributed by atoms with Crippen LogP contribution in [0.4, 0.5) is 0 Å². The smallest absolute Gasteiger partial charge is 0.236 e. The lowest BCUT2D eigenvalue weighted by atomic mass is 9.97. The second-order valence-electron chi connectivity index (χ2n) is 7.61. The number of nitrogens with zero attached hydrogens (tertiary/aromatic N) is 3. The molecule has 1 aromatic carbocycles. The Labute approximate surface area is 173 Å². The Morgan fingerprint density at radius 3 is 2.86 bits per heavy atom. The van der Waals surface area contributed by atoms with E-state index < -0.39 is 0 Å². The second-order valence-corrected chi connectivity index (χ2v) is 10.0. The topological polar surface area (TPSA) is 46.1 Å². The highest BCUT2D eigenvalue weighted by Gasteiger charge is 2.27. The molecule has 1 aliphatic carbocycles. The monoisotopic (exact) mass is 409 g/mol. The van der Waals surface area contributed by atoms with Crippen molar-refractivity contribution in [3.8, 4) is 0 Å². The highest BCUT2D eigenvalue weighted by molar-refractivity contribution is 8.00. The number of hydrogen-bond acceptors (Lipinski definition) is 5. The quantitative estimate of drug-likeness (QED) is 0.467. The van der Waals surface area contributed by atoms with Crippen molar-refractivity contribution in [3.63, 3.8) is 0 Å². The Hall–Kier alpha value is -1.92. The summed E-state index contributed by atoms with van der Waals surface area (Å²) < 4.78 is 0. The molecule has 1 amide bonds. The molecule has 0 radical (unpaired) electrons. The average Bonchev–Trinajstić information content (AvgIpc) is 3.12. The van der Waals surface area contributed by atoms with Crippen LogP contribution in [0.5, 0.6) is 0 Å². The van der Waals surface area contributed by atoms with Gasteiger partial charge in [0.1, 0.15) is 16.2 Å². The number of thioether (sulfide) groups is 1. The van der Waals surface area contributed by atoms with Crippen LogP contribution in [-0.2, 0) is 30.6 Å². The van der Waals surface area contributed by atoms with Crippen LogP contribution in [0.3, 0.4) is 0 Å². The van der Waals surface area contributed by atoms with E-state index in [1.807, 2.05) is 23.2 Å². The zero-order valence-electron chi connectivity index (χ0n) is 16.0. The number of benzene rings is 1. The standard InChI is InChI=1S/C22H23N3OS2/c1-14(22(26)25-11-10-15-6-2-3-7-16(15)12-25)27-20-19-17-8-4-5-9-18(17)28-21(19)24-13-23-20/h2-3,6-7,13-14H,4-5,8-12H2,1H3/t14-/m0/s1. The number of carbonyl (C=O) groups is 1. The first-order chi connectivity index (χ1) is 13.7. The van der Waals surface area contributed by atoms with Gasteiger partial charge in [0.05, 0.1) is 5.25 Å². The minimum Gasteiger partial charge on any atom is -0.337 e. The van der Waals surface area contributed by atoms with E-state index in [1.165, 1.54) is 39.8 Å². The lowest BCUT2D eigenvalue weighted by Gasteiger charge is -2.30. The van der Waals surface area contributed by atoms with E-state index in [0.29, 0.717) is 6.54 Å². The molecule has 0 fully saturated rings. The molecule has 3 aromatic rings. The van der Waals surface area contributed by atoms with Crippen molar-refractivity contribution >= 4 is 39.2 Å². The first-order valence-electron chi connectivity index (χ1n) is 9.98. The van der Waals surface area contributed by atoms with Gasteiger partial charge in [-0.05, 0) is 55.7 Å². The van der Waals surface area contributed by atoms with Gasteiger partial charge in [0.2, 0.25) is 5.91 Å². The maximum absolute atomic E-state index is 13.1. The van der Waals surface area contributed by atoms with Gasteiger partial charge in [-0.2, -0.15) is 0 Å². The molecule has 0 saturated carbocycles. The van der Waals surface area contributed by atoms with E-state index in [-0.39, 0.29) is 11.2 Å². The van der Waals surface area contributed by atoms with Crippen molar-refractivity contribution in [1.29, 1.82) is 0 Å². The molecule has 1 aliphatic heterocycles. The van der Waals surface area contributed by atoms with Gasteiger partial charge in [0, 0.05) is 23.4 Å². The van der Waals surface area contributed by atoms with E-state index >= 15 is 0 Å². The Morgan fingerprint density at radius 1 is 1.14 bits per heavy atom. The second kappa shape index (κ2) is 7.48. The summed E-state index contributed by atoms with van der Waals surface area (Å²) in [5.74, 6) is 0.204. The van der Waals surface area contributed by atoms with E-state index in [4.69, 9.17) is 0 Å². The fourth-order valence-electron chi connectivity index (χ4n) is 4.31. The third-order valence-electron chi connectivity index (χ3n) is 5.80. The molecule has 0 unspecified atom stereocenters. The SMILES string of the molecule is C[C@H](Sc1ncnc2sc3c(c12)CCCC3)C(=O)N1CCc2ccccc2C1.